The van der Waals surface area contributed by atoms with Crippen LogP contribution in [0.15, 0.2) is 36.5 Å². The van der Waals surface area contributed by atoms with Crippen LogP contribution in [0.25, 0.3) is 5.82 Å². The SMILES string of the molecule is Cc1nnn(-c2ccc(C(C)N3C[C@@H](C)n4nc5c(c4C3=O)CN(C(=O)c3ccc(Cl)c(Cl)c3)[C@H](C)C5)cn2)n1. The monoisotopic (exact) mass is 579 g/mol. The smallest absolute Gasteiger partial charge is 0.273 e. The van der Waals surface area contributed by atoms with E-state index in [1.54, 1.807) is 36.2 Å². The van der Waals surface area contributed by atoms with Crippen LogP contribution >= 0.6 is 23.2 Å². The molecule has 0 bridgehead atoms. The zero-order chi connectivity index (χ0) is 28.3. The molecule has 0 saturated carbocycles. The van der Waals surface area contributed by atoms with Gasteiger partial charge in [-0.25, -0.2) is 4.98 Å². The van der Waals surface area contributed by atoms with Gasteiger partial charge in [0.1, 0.15) is 5.69 Å². The fourth-order valence-electron chi connectivity index (χ4n) is 5.41. The van der Waals surface area contributed by atoms with Crippen LogP contribution in [-0.2, 0) is 13.0 Å². The number of aromatic nitrogens is 7. The molecule has 3 atom stereocenters. The molecule has 0 aliphatic carbocycles. The van der Waals surface area contributed by atoms with E-state index in [-0.39, 0.29) is 36.5 Å². The van der Waals surface area contributed by atoms with Crippen LogP contribution in [0.2, 0.25) is 10.0 Å². The summed E-state index contributed by atoms with van der Waals surface area (Å²) in [4.78, 5) is 36.9. The van der Waals surface area contributed by atoms with E-state index in [0.29, 0.717) is 45.9 Å². The van der Waals surface area contributed by atoms with Crippen LogP contribution in [0.4, 0.5) is 0 Å². The standard InChI is InChI=1S/C27H27Cl2N9O2/c1-14-9-23-20(13-35(14)26(39)18-5-7-21(28)22(29)10-18)25-27(40)36(12-15(2)37(25)33-23)16(3)19-6-8-24(30-11-19)38-32-17(4)31-34-38/h5-8,10-11,14-16H,9,12-13H2,1-4H3/t14-,15-,16?/m1/s1. The number of carbonyl (C=O) groups excluding carboxylic acids is 2. The van der Waals surface area contributed by atoms with Gasteiger partial charge >= 0.3 is 0 Å². The summed E-state index contributed by atoms with van der Waals surface area (Å²) in [5.74, 6) is 0.816. The molecular formula is C27H27Cl2N9O2. The second kappa shape index (κ2) is 9.97. The number of aryl methyl sites for hydroxylation is 1. The minimum absolute atomic E-state index is 0.0372. The molecule has 4 aromatic rings. The summed E-state index contributed by atoms with van der Waals surface area (Å²) in [6.07, 6.45) is 2.29. The van der Waals surface area contributed by atoms with Gasteiger partial charge in [-0.1, -0.05) is 29.3 Å². The topological polar surface area (TPSA) is 115 Å². The Morgan fingerprint density at radius 2 is 1.88 bits per heavy atom. The van der Waals surface area contributed by atoms with Crippen molar-refractivity contribution in [3.8, 4) is 5.82 Å². The molecule has 5 heterocycles. The molecule has 1 aromatic carbocycles. The number of halogens is 2. The van der Waals surface area contributed by atoms with Gasteiger partial charge in [0.05, 0.1) is 34.4 Å². The summed E-state index contributed by atoms with van der Waals surface area (Å²) in [7, 11) is 0. The third kappa shape index (κ3) is 4.43. The highest BCUT2D eigenvalue weighted by Gasteiger charge is 2.40. The van der Waals surface area contributed by atoms with E-state index in [0.717, 1.165) is 16.8 Å². The van der Waals surface area contributed by atoms with Gasteiger partial charge < -0.3 is 9.80 Å². The lowest BCUT2D eigenvalue weighted by atomic mass is 9.96. The normalized spacial score (nSPS) is 19.4. The number of carbonyl (C=O) groups is 2. The van der Waals surface area contributed by atoms with Crippen LogP contribution < -0.4 is 0 Å². The van der Waals surface area contributed by atoms with Crippen molar-refractivity contribution < 1.29 is 9.59 Å². The molecule has 0 radical (unpaired) electrons. The molecular weight excluding hydrogens is 553 g/mol. The Morgan fingerprint density at radius 1 is 1.07 bits per heavy atom. The van der Waals surface area contributed by atoms with Crippen molar-refractivity contribution in [2.45, 2.75) is 58.8 Å². The van der Waals surface area contributed by atoms with E-state index >= 15 is 0 Å². The Labute approximate surface area is 240 Å². The van der Waals surface area contributed by atoms with Crippen LogP contribution in [0.3, 0.4) is 0 Å². The Hall–Kier alpha value is -3.83. The Balaban J connectivity index is 1.28. The van der Waals surface area contributed by atoms with E-state index in [1.807, 2.05) is 35.6 Å². The average Bonchev–Trinajstić information content (AvgIpc) is 3.55. The fraction of sp³-hybridized carbons (Fsp3) is 0.370. The Bertz CT molecular complexity index is 1630. The first-order chi connectivity index (χ1) is 19.1. The number of fused-ring (bicyclic) bond motifs is 3. The van der Waals surface area contributed by atoms with Crippen LogP contribution in [0, 0.1) is 6.92 Å². The molecule has 0 spiro atoms. The predicted molar refractivity (Wildman–Crippen MR) is 148 cm³/mol. The van der Waals surface area contributed by atoms with Crippen molar-refractivity contribution >= 4 is 35.0 Å². The van der Waals surface area contributed by atoms with Crippen molar-refractivity contribution in [2.75, 3.05) is 6.54 Å². The predicted octanol–water partition coefficient (Wildman–Crippen LogP) is 4.23. The minimum atomic E-state index is -0.238. The van der Waals surface area contributed by atoms with Crippen LogP contribution in [0.1, 0.15) is 76.3 Å². The van der Waals surface area contributed by atoms with Crippen molar-refractivity contribution in [1.82, 2.24) is 44.8 Å². The molecule has 11 nitrogen and oxygen atoms in total. The summed E-state index contributed by atoms with van der Waals surface area (Å²) in [6.45, 7) is 8.57. The lowest BCUT2D eigenvalue weighted by Gasteiger charge is -2.37. The van der Waals surface area contributed by atoms with Gasteiger partial charge in [0, 0.05) is 36.3 Å². The van der Waals surface area contributed by atoms with Crippen molar-refractivity contribution in [3.63, 3.8) is 0 Å². The van der Waals surface area contributed by atoms with Gasteiger partial charge in [-0.05, 0) is 62.7 Å². The molecule has 2 aliphatic heterocycles. The van der Waals surface area contributed by atoms with Crippen LogP contribution in [0.5, 0.6) is 0 Å². The highest BCUT2D eigenvalue weighted by Crippen LogP contribution is 2.35. The fourth-order valence-corrected chi connectivity index (χ4v) is 5.71. The molecule has 0 N–H and O–H groups in total. The second-order valence-electron chi connectivity index (χ2n) is 10.4. The quantitative estimate of drug-likeness (QED) is 0.355. The average molecular weight is 580 g/mol. The molecule has 13 heteroatoms. The first-order valence-corrected chi connectivity index (χ1v) is 13.8. The summed E-state index contributed by atoms with van der Waals surface area (Å²) >= 11 is 12.2. The number of benzene rings is 1. The molecule has 0 saturated heterocycles. The van der Waals surface area contributed by atoms with E-state index in [1.165, 1.54) is 4.80 Å². The Morgan fingerprint density at radius 3 is 2.55 bits per heavy atom. The third-order valence-electron chi connectivity index (χ3n) is 7.65. The largest absolute Gasteiger partial charge is 0.331 e. The maximum atomic E-state index is 14.0. The molecule has 3 aromatic heterocycles. The molecule has 2 amide bonds. The van der Waals surface area contributed by atoms with Crippen molar-refractivity contribution in [1.29, 1.82) is 0 Å². The van der Waals surface area contributed by atoms with E-state index in [2.05, 4.69) is 27.3 Å². The second-order valence-corrected chi connectivity index (χ2v) is 11.2. The van der Waals surface area contributed by atoms with Gasteiger partial charge in [0.25, 0.3) is 11.8 Å². The van der Waals surface area contributed by atoms with Gasteiger partial charge in [-0.3, -0.25) is 14.3 Å². The number of amides is 2. The molecule has 0 fully saturated rings. The number of rotatable bonds is 4. The van der Waals surface area contributed by atoms with Crippen molar-refractivity contribution in [2.24, 2.45) is 0 Å². The molecule has 40 heavy (non-hydrogen) atoms. The first kappa shape index (κ1) is 26.4. The summed E-state index contributed by atoms with van der Waals surface area (Å²) in [5.41, 5.74) is 3.52. The lowest BCUT2D eigenvalue weighted by molar-refractivity contribution is 0.0574. The highest BCUT2D eigenvalue weighted by atomic mass is 35.5. The molecule has 6 rings (SSSR count). The number of hydrogen-bond donors (Lipinski definition) is 0. The summed E-state index contributed by atoms with van der Waals surface area (Å²) in [5, 5.41) is 17.6. The maximum Gasteiger partial charge on any atom is 0.273 e. The molecule has 206 valence electrons. The maximum absolute atomic E-state index is 14.0. The van der Waals surface area contributed by atoms with E-state index in [4.69, 9.17) is 28.3 Å². The number of nitrogens with zero attached hydrogens (tertiary/aromatic N) is 9. The van der Waals surface area contributed by atoms with E-state index < -0.39 is 0 Å². The van der Waals surface area contributed by atoms with E-state index in [9.17, 15) is 9.59 Å². The molecule has 1 unspecified atom stereocenters. The number of tetrazole rings is 1. The minimum Gasteiger partial charge on any atom is -0.331 e. The zero-order valence-electron chi connectivity index (χ0n) is 22.4. The van der Waals surface area contributed by atoms with Crippen molar-refractivity contribution in [3.05, 3.63) is 80.5 Å². The van der Waals surface area contributed by atoms with Gasteiger partial charge in [-0.2, -0.15) is 5.10 Å². The summed E-state index contributed by atoms with van der Waals surface area (Å²) in [6, 6.07) is 8.23. The summed E-state index contributed by atoms with van der Waals surface area (Å²) < 4.78 is 1.83. The lowest BCUT2D eigenvalue weighted by Crippen LogP contribution is -2.45. The van der Waals surface area contributed by atoms with Gasteiger partial charge in [0.2, 0.25) is 0 Å². The van der Waals surface area contributed by atoms with Gasteiger partial charge in [-0.15, -0.1) is 15.0 Å². The third-order valence-corrected chi connectivity index (χ3v) is 8.39. The first-order valence-electron chi connectivity index (χ1n) is 13.0. The van der Waals surface area contributed by atoms with Gasteiger partial charge in [0.15, 0.2) is 11.6 Å². The zero-order valence-corrected chi connectivity index (χ0v) is 23.9. The Kier molecular flexibility index (Phi) is 6.58. The number of pyridine rings is 1. The van der Waals surface area contributed by atoms with Crippen LogP contribution in [-0.4, -0.2) is 69.2 Å². The highest BCUT2D eigenvalue weighted by molar-refractivity contribution is 6.42. The number of hydrogen-bond acceptors (Lipinski definition) is 7. The molecule has 2 aliphatic rings.